The summed E-state index contributed by atoms with van der Waals surface area (Å²) in [5.74, 6) is 0.830. The van der Waals surface area contributed by atoms with E-state index >= 15 is 0 Å². The quantitative estimate of drug-likeness (QED) is 0.755. The van der Waals surface area contributed by atoms with Crippen LogP contribution in [0.4, 0.5) is 0 Å². The highest BCUT2D eigenvalue weighted by molar-refractivity contribution is 5.72. The standard InChI is InChI=1S/C17H25NO3/c1-3-18-11-9-14(10-12-18)16(17(19)20-2)13-21-15-7-5-4-6-8-15/h4-8,14,16H,3,9-13H2,1-2H3. The molecule has 1 heterocycles. The van der Waals surface area contributed by atoms with Crippen molar-refractivity contribution in [3.05, 3.63) is 30.3 Å². The van der Waals surface area contributed by atoms with Gasteiger partial charge in [0.15, 0.2) is 0 Å². The molecule has 1 atom stereocenters. The van der Waals surface area contributed by atoms with Crippen molar-refractivity contribution in [3.63, 3.8) is 0 Å². The molecule has 1 aromatic rings. The molecule has 0 amide bonds. The van der Waals surface area contributed by atoms with Crippen molar-refractivity contribution in [2.75, 3.05) is 33.4 Å². The van der Waals surface area contributed by atoms with Gasteiger partial charge in [0.05, 0.1) is 13.0 Å². The van der Waals surface area contributed by atoms with Gasteiger partial charge >= 0.3 is 5.97 Å². The molecule has 4 heteroatoms. The Kier molecular flexibility index (Phi) is 6.05. The molecule has 1 unspecified atom stereocenters. The summed E-state index contributed by atoms with van der Waals surface area (Å²) in [5.41, 5.74) is 0. The predicted octanol–water partition coefficient (Wildman–Crippen LogP) is 2.59. The van der Waals surface area contributed by atoms with Crippen LogP contribution in [0, 0.1) is 11.8 Å². The molecule has 0 radical (unpaired) electrons. The maximum Gasteiger partial charge on any atom is 0.312 e. The van der Waals surface area contributed by atoms with Gasteiger partial charge in [-0.05, 0) is 50.5 Å². The number of hydrogen-bond donors (Lipinski definition) is 0. The fourth-order valence-corrected chi connectivity index (χ4v) is 2.92. The second-order valence-electron chi connectivity index (χ2n) is 5.53. The fraction of sp³-hybridized carbons (Fsp3) is 0.588. The maximum absolute atomic E-state index is 12.1. The van der Waals surface area contributed by atoms with Gasteiger partial charge in [0.1, 0.15) is 12.4 Å². The summed E-state index contributed by atoms with van der Waals surface area (Å²) in [4.78, 5) is 14.5. The first-order valence-corrected chi connectivity index (χ1v) is 7.72. The summed E-state index contributed by atoms with van der Waals surface area (Å²) in [6.45, 7) is 5.76. The molecule has 21 heavy (non-hydrogen) atoms. The molecule has 1 aliphatic heterocycles. The molecule has 0 aromatic heterocycles. The number of para-hydroxylation sites is 1. The Balaban J connectivity index is 1.93. The predicted molar refractivity (Wildman–Crippen MR) is 82.3 cm³/mol. The fourth-order valence-electron chi connectivity index (χ4n) is 2.92. The van der Waals surface area contributed by atoms with Gasteiger partial charge in [0.2, 0.25) is 0 Å². The lowest BCUT2D eigenvalue weighted by Crippen LogP contribution is -2.40. The van der Waals surface area contributed by atoms with Crippen molar-refractivity contribution in [1.82, 2.24) is 4.90 Å². The van der Waals surface area contributed by atoms with Crippen LogP contribution in [0.2, 0.25) is 0 Å². The van der Waals surface area contributed by atoms with Crippen LogP contribution in [0.5, 0.6) is 5.75 Å². The van der Waals surface area contributed by atoms with Gasteiger partial charge in [0, 0.05) is 0 Å². The minimum Gasteiger partial charge on any atom is -0.493 e. The average molecular weight is 291 g/mol. The normalized spacial score (nSPS) is 18.2. The van der Waals surface area contributed by atoms with E-state index in [2.05, 4.69) is 11.8 Å². The minimum absolute atomic E-state index is 0.152. The van der Waals surface area contributed by atoms with Crippen LogP contribution in [0.25, 0.3) is 0 Å². The lowest BCUT2D eigenvalue weighted by molar-refractivity contribution is -0.149. The number of esters is 1. The van der Waals surface area contributed by atoms with Gasteiger partial charge in [0.25, 0.3) is 0 Å². The van der Waals surface area contributed by atoms with Crippen molar-refractivity contribution >= 4 is 5.97 Å². The van der Waals surface area contributed by atoms with E-state index in [1.165, 1.54) is 7.11 Å². The van der Waals surface area contributed by atoms with Crippen LogP contribution in [0.15, 0.2) is 30.3 Å². The van der Waals surface area contributed by atoms with E-state index in [1.807, 2.05) is 30.3 Å². The highest BCUT2D eigenvalue weighted by atomic mass is 16.5. The summed E-state index contributed by atoms with van der Waals surface area (Å²) in [5, 5.41) is 0. The zero-order valence-corrected chi connectivity index (χ0v) is 13.0. The van der Waals surface area contributed by atoms with E-state index in [9.17, 15) is 4.79 Å². The Hall–Kier alpha value is -1.55. The van der Waals surface area contributed by atoms with Crippen molar-refractivity contribution in [2.45, 2.75) is 19.8 Å². The van der Waals surface area contributed by atoms with Crippen molar-refractivity contribution < 1.29 is 14.3 Å². The zero-order chi connectivity index (χ0) is 15.1. The molecule has 0 saturated carbocycles. The molecule has 0 bridgehead atoms. The van der Waals surface area contributed by atoms with Gasteiger partial charge < -0.3 is 14.4 Å². The summed E-state index contributed by atoms with van der Waals surface area (Å²) in [6.07, 6.45) is 2.07. The van der Waals surface area contributed by atoms with Gasteiger partial charge in [-0.1, -0.05) is 25.1 Å². The number of rotatable bonds is 6. The van der Waals surface area contributed by atoms with E-state index < -0.39 is 0 Å². The van der Waals surface area contributed by atoms with Crippen LogP contribution in [0.1, 0.15) is 19.8 Å². The van der Waals surface area contributed by atoms with Gasteiger partial charge in [-0.15, -0.1) is 0 Å². The van der Waals surface area contributed by atoms with Crippen molar-refractivity contribution in [2.24, 2.45) is 11.8 Å². The first-order chi connectivity index (χ1) is 10.2. The third-order valence-electron chi connectivity index (χ3n) is 4.33. The van der Waals surface area contributed by atoms with E-state index in [-0.39, 0.29) is 11.9 Å². The van der Waals surface area contributed by atoms with E-state index in [4.69, 9.17) is 9.47 Å². The third kappa shape index (κ3) is 4.46. The lowest BCUT2D eigenvalue weighted by Gasteiger charge is -2.34. The van der Waals surface area contributed by atoms with Crippen LogP contribution in [-0.2, 0) is 9.53 Å². The minimum atomic E-state index is -0.172. The Morgan fingerprint density at radius 3 is 2.52 bits per heavy atom. The number of benzene rings is 1. The van der Waals surface area contributed by atoms with Crippen molar-refractivity contribution in [1.29, 1.82) is 0 Å². The van der Waals surface area contributed by atoms with Crippen LogP contribution in [0.3, 0.4) is 0 Å². The van der Waals surface area contributed by atoms with Crippen molar-refractivity contribution in [3.8, 4) is 5.75 Å². The number of nitrogens with zero attached hydrogens (tertiary/aromatic N) is 1. The summed E-state index contributed by atoms with van der Waals surface area (Å²) >= 11 is 0. The highest BCUT2D eigenvalue weighted by Crippen LogP contribution is 2.27. The number of likely N-dealkylation sites (tertiary alicyclic amines) is 1. The monoisotopic (exact) mass is 291 g/mol. The van der Waals surface area contributed by atoms with Crippen LogP contribution >= 0.6 is 0 Å². The smallest absolute Gasteiger partial charge is 0.312 e. The highest BCUT2D eigenvalue weighted by Gasteiger charge is 2.32. The molecule has 1 saturated heterocycles. The number of piperidine rings is 1. The Bertz CT molecular complexity index is 427. The SMILES string of the molecule is CCN1CCC(C(COc2ccccc2)C(=O)OC)CC1. The van der Waals surface area contributed by atoms with E-state index in [0.717, 1.165) is 38.2 Å². The summed E-state index contributed by atoms with van der Waals surface area (Å²) in [6, 6.07) is 9.64. The number of methoxy groups -OCH3 is 1. The first-order valence-electron chi connectivity index (χ1n) is 7.72. The maximum atomic E-state index is 12.1. The topological polar surface area (TPSA) is 38.8 Å². The molecule has 1 aromatic carbocycles. The molecule has 4 nitrogen and oxygen atoms in total. The molecule has 2 rings (SSSR count). The summed E-state index contributed by atoms with van der Waals surface area (Å²) < 4.78 is 10.8. The van der Waals surface area contributed by atoms with Crippen LogP contribution < -0.4 is 4.74 Å². The number of ether oxygens (including phenoxy) is 2. The van der Waals surface area contributed by atoms with E-state index in [1.54, 1.807) is 0 Å². The molecule has 0 N–H and O–H groups in total. The Labute approximate surface area is 127 Å². The van der Waals surface area contributed by atoms with Gasteiger partial charge in [-0.2, -0.15) is 0 Å². The Morgan fingerprint density at radius 1 is 1.29 bits per heavy atom. The Morgan fingerprint density at radius 2 is 1.95 bits per heavy atom. The molecular formula is C17H25NO3. The van der Waals surface area contributed by atoms with Gasteiger partial charge in [-0.3, -0.25) is 4.79 Å². The lowest BCUT2D eigenvalue weighted by atomic mass is 9.84. The molecule has 0 aliphatic carbocycles. The number of hydrogen-bond acceptors (Lipinski definition) is 4. The third-order valence-corrected chi connectivity index (χ3v) is 4.33. The number of carbonyl (C=O) groups excluding carboxylic acids is 1. The molecule has 116 valence electrons. The van der Waals surface area contributed by atoms with E-state index in [0.29, 0.717) is 12.5 Å². The van der Waals surface area contributed by atoms with Crippen LogP contribution in [-0.4, -0.2) is 44.2 Å². The largest absolute Gasteiger partial charge is 0.493 e. The zero-order valence-electron chi connectivity index (χ0n) is 13.0. The molecule has 1 aliphatic rings. The second kappa shape index (κ2) is 8.03. The first kappa shape index (κ1) is 15.8. The molecule has 0 spiro atoms. The number of carbonyl (C=O) groups is 1. The molecule has 1 fully saturated rings. The summed E-state index contributed by atoms with van der Waals surface area (Å²) in [7, 11) is 1.46. The average Bonchev–Trinajstić information content (AvgIpc) is 2.56. The van der Waals surface area contributed by atoms with Gasteiger partial charge in [-0.25, -0.2) is 0 Å². The second-order valence-corrected chi connectivity index (χ2v) is 5.53. The molecular weight excluding hydrogens is 266 g/mol.